The maximum absolute atomic E-state index is 13.8. The summed E-state index contributed by atoms with van der Waals surface area (Å²) in [5.74, 6) is 0.596. The second-order valence-corrected chi connectivity index (χ2v) is 4.18. The van der Waals surface area contributed by atoms with Crippen LogP contribution in [0.4, 0.5) is 4.39 Å². The van der Waals surface area contributed by atoms with Crippen LogP contribution in [-0.2, 0) is 13.7 Å². The Kier molecular flexibility index (Phi) is 4.06. The molecule has 0 spiro atoms. The highest BCUT2D eigenvalue weighted by Gasteiger charge is 2.10. The lowest BCUT2D eigenvalue weighted by atomic mass is 10.1. The predicted molar refractivity (Wildman–Crippen MR) is 67.0 cm³/mol. The zero-order valence-electron chi connectivity index (χ0n) is 11.1. The summed E-state index contributed by atoms with van der Waals surface area (Å²) in [6.45, 7) is 2.05. The van der Waals surface area contributed by atoms with Crippen molar-refractivity contribution in [2.45, 2.75) is 19.6 Å². The standard InChI is InChI=1S/C12H16FN5O/c1-8(14-2)10-5-4-9(6-11(10)13)19-7-12-15-17-18(3)16-12/h4-6,8,14H,7H2,1-3H3. The van der Waals surface area contributed by atoms with E-state index in [2.05, 4.69) is 20.7 Å². The van der Waals surface area contributed by atoms with Crippen LogP contribution in [0.3, 0.4) is 0 Å². The van der Waals surface area contributed by atoms with Crippen molar-refractivity contribution < 1.29 is 9.13 Å². The molecule has 1 N–H and O–H groups in total. The molecular weight excluding hydrogens is 249 g/mol. The molecule has 2 rings (SSSR count). The smallest absolute Gasteiger partial charge is 0.212 e. The minimum Gasteiger partial charge on any atom is -0.485 e. The first-order valence-electron chi connectivity index (χ1n) is 5.92. The quantitative estimate of drug-likeness (QED) is 0.880. The molecule has 0 saturated carbocycles. The molecule has 2 aromatic rings. The molecule has 102 valence electrons. The van der Waals surface area contributed by atoms with Gasteiger partial charge in [0.15, 0.2) is 6.61 Å². The highest BCUT2D eigenvalue weighted by atomic mass is 19.1. The van der Waals surface area contributed by atoms with Gasteiger partial charge < -0.3 is 10.1 Å². The summed E-state index contributed by atoms with van der Waals surface area (Å²) in [7, 11) is 3.46. The van der Waals surface area contributed by atoms with E-state index in [0.717, 1.165) is 0 Å². The Balaban J connectivity index is 2.04. The van der Waals surface area contributed by atoms with E-state index in [9.17, 15) is 4.39 Å². The molecule has 7 heteroatoms. The van der Waals surface area contributed by atoms with E-state index < -0.39 is 0 Å². The van der Waals surface area contributed by atoms with Crippen LogP contribution >= 0.6 is 0 Å². The molecule has 0 aliphatic heterocycles. The molecule has 0 fully saturated rings. The first kappa shape index (κ1) is 13.4. The number of aryl methyl sites for hydroxylation is 1. The van der Waals surface area contributed by atoms with Crippen LogP contribution in [0.5, 0.6) is 5.75 Å². The molecule has 0 bridgehead atoms. The number of benzene rings is 1. The molecule has 0 aliphatic carbocycles. The first-order chi connectivity index (χ1) is 9.10. The van der Waals surface area contributed by atoms with Crippen LogP contribution in [0.25, 0.3) is 0 Å². The molecule has 1 aromatic carbocycles. The molecule has 0 radical (unpaired) electrons. The van der Waals surface area contributed by atoms with Crippen LogP contribution in [0.1, 0.15) is 24.4 Å². The monoisotopic (exact) mass is 265 g/mol. The van der Waals surface area contributed by atoms with E-state index in [1.165, 1.54) is 10.9 Å². The molecule has 0 aliphatic rings. The number of nitrogens with one attached hydrogen (secondary N) is 1. The van der Waals surface area contributed by atoms with E-state index in [0.29, 0.717) is 17.1 Å². The van der Waals surface area contributed by atoms with Gasteiger partial charge in [-0.15, -0.1) is 10.2 Å². The SMILES string of the molecule is CNC(C)c1ccc(OCc2nnn(C)n2)cc1F. The van der Waals surface area contributed by atoms with Gasteiger partial charge >= 0.3 is 0 Å². The molecule has 1 atom stereocenters. The average Bonchev–Trinajstić information content (AvgIpc) is 2.81. The Labute approximate surface area is 110 Å². The summed E-state index contributed by atoms with van der Waals surface area (Å²) < 4.78 is 19.3. The van der Waals surface area contributed by atoms with E-state index in [1.807, 2.05) is 6.92 Å². The molecule has 19 heavy (non-hydrogen) atoms. The second-order valence-electron chi connectivity index (χ2n) is 4.18. The largest absolute Gasteiger partial charge is 0.485 e. The third-order valence-corrected chi connectivity index (χ3v) is 2.79. The Bertz CT molecular complexity index is 557. The number of rotatable bonds is 5. The molecule has 1 heterocycles. The fourth-order valence-electron chi connectivity index (χ4n) is 1.63. The van der Waals surface area contributed by atoms with Crippen molar-refractivity contribution in [3.8, 4) is 5.75 Å². The lowest BCUT2D eigenvalue weighted by Gasteiger charge is -2.12. The lowest BCUT2D eigenvalue weighted by molar-refractivity contribution is 0.293. The van der Waals surface area contributed by atoms with Crippen molar-refractivity contribution in [3.63, 3.8) is 0 Å². The van der Waals surface area contributed by atoms with Crippen molar-refractivity contribution in [2.24, 2.45) is 7.05 Å². The van der Waals surface area contributed by atoms with Crippen LogP contribution in [-0.4, -0.2) is 27.3 Å². The summed E-state index contributed by atoms with van der Waals surface area (Å²) >= 11 is 0. The van der Waals surface area contributed by atoms with Gasteiger partial charge in [-0.2, -0.15) is 4.80 Å². The first-order valence-corrected chi connectivity index (χ1v) is 5.92. The van der Waals surface area contributed by atoms with Crippen molar-refractivity contribution in [3.05, 3.63) is 35.4 Å². The summed E-state index contributed by atoms with van der Waals surface area (Å²) in [6.07, 6.45) is 0. The van der Waals surface area contributed by atoms with Gasteiger partial charge in [0.2, 0.25) is 5.82 Å². The van der Waals surface area contributed by atoms with Crippen LogP contribution in [0.15, 0.2) is 18.2 Å². The Morgan fingerprint density at radius 3 is 2.84 bits per heavy atom. The number of nitrogens with zero attached hydrogens (tertiary/aromatic N) is 4. The maximum atomic E-state index is 13.8. The number of hydrogen-bond acceptors (Lipinski definition) is 5. The molecule has 0 saturated heterocycles. The van der Waals surface area contributed by atoms with Gasteiger partial charge in [-0.25, -0.2) is 4.39 Å². The van der Waals surface area contributed by atoms with Crippen molar-refractivity contribution >= 4 is 0 Å². The molecule has 6 nitrogen and oxygen atoms in total. The van der Waals surface area contributed by atoms with E-state index >= 15 is 0 Å². The zero-order chi connectivity index (χ0) is 13.8. The molecule has 1 unspecified atom stereocenters. The summed E-state index contributed by atoms with van der Waals surface area (Å²) in [5.41, 5.74) is 0.604. The third-order valence-electron chi connectivity index (χ3n) is 2.79. The number of halogens is 1. The van der Waals surface area contributed by atoms with Gasteiger partial charge in [0.25, 0.3) is 0 Å². The molecule has 0 amide bonds. The second kappa shape index (κ2) is 5.75. The molecule has 1 aromatic heterocycles. The van der Waals surface area contributed by atoms with Crippen molar-refractivity contribution in [1.29, 1.82) is 0 Å². The van der Waals surface area contributed by atoms with E-state index in [4.69, 9.17) is 4.74 Å². The van der Waals surface area contributed by atoms with Gasteiger partial charge in [-0.1, -0.05) is 6.07 Å². The average molecular weight is 265 g/mol. The van der Waals surface area contributed by atoms with Crippen LogP contribution in [0, 0.1) is 5.82 Å². The number of tetrazole rings is 1. The van der Waals surface area contributed by atoms with Gasteiger partial charge in [-0.3, -0.25) is 0 Å². The zero-order valence-corrected chi connectivity index (χ0v) is 11.1. The Hall–Kier alpha value is -2.02. The lowest BCUT2D eigenvalue weighted by Crippen LogP contribution is -2.13. The topological polar surface area (TPSA) is 64.9 Å². The van der Waals surface area contributed by atoms with Crippen molar-refractivity contribution in [2.75, 3.05) is 7.05 Å². The maximum Gasteiger partial charge on any atom is 0.212 e. The van der Waals surface area contributed by atoms with Crippen molar-refractivity contribution in [1.82, 2.24) is 25.5 Å². The summed E-state index contributed by atoms with van der Waals surface area (Å²) in [4.78, 5) is 1.34. The summed E-state index contributed by atoms with van der Waals surface area (Å²) in [6, 6.07) is 4.74. The van der Waals surface area contributed by atoms with E-state index in [1.54, 1.807) is 26.2 Å². The number of hydrogen-bond donors (Lipinski definition) is 1. The Morgan fingerprint density at radius 2 is 2.26 bits per heavy atom. The van der Waals surface area contributed by atoms with Crippen LogP contribution in [0.2, 0.25) is 0 Å². The number of aromatic nitrogens is 4. The van der Waals surface area contributed by atoms with Gasteiger partial charge in [0, 0.05) is 17.7 Å². The minimum atomic E-state index is -0.300. The van der Waals surface area contributed by atoms with Gasteiger partial charge in [0.05, 0.1) is 7.05 Å². The fourth-order valence-corrected chi connectivity index (χ4v) is 1.63. The molecular formula is C12H16FN5O. The van der Waals surface area contributed by atoms with Gasteiger partial charge in [-0.05, 0) is 25.3 Å². The predicted octanol–water partition coefficient (Wildman–Crippen LogP) is 1.21. The number of ether oxygens (including phenoxy) is 1. The highest BCUT2D eigenvalue weighted by molar-refractivity contribution is 5.30. The van der Waals surface area contributed by atoms with Gasteiger partial charge in [0.1, 0.15) is 11.6 Å². The highest BCUT2D eigenvalue weighted by Crippen LogP contribution is 2.22. The summed E-state index contributed by atoms with van der Waals surface area (Å²) in [5, 5.41) is 14.4. The third kappa shape index (κ3) is 3.25. The van der Waals surface area contributed by atoms with Crippen LogP contribution < -0.4 is 10.1 Å². The normalized spacial score (nSPS) is 12.4. The minimum absolute atomic E-state index is 0.0456. The van der Waals surface area contributed by atoms with E-state index in [-0.39, 0.29) is 18.5 Å². The Morgan fingerprint density at radius 1 is 1.47 bits per heavy atom. The fraction of sp³-hybridized carbons (Fsp3) is 0.417.